The van der Waals surface area contributed by atoms with Gasteiger partial charge in [-0.3, -0.25) is 4.79 Å². The van der Waals surface area contributed by atoms with Crippen molar-refractivity contribution in [3.63, 3.8) is 0 Å². The number of hydrogen-bond acceptors (Lipinski definition) is 6. The zero-order chi connectivity index (χ0) is 21.3. The molecule has 7 nitrogen and oxygen atoms in total. The molecule has 30 heavy (non-hydrogen) atoms. The molecule has 2 aromatic heterocycles. The van der Waals surface area contributed by atoms with Gasteiger partial charge in [-0.25, -0.2) is 13.4 Å². The van der Waals surface area contributed by atoms with Gasteiger partial charge < -0.3 is 9.32 Å². The molecule has 1 aliphatic heterocycles. The molecule has 9 heteroatoms. The maximum Gasteiger partial charge on any atom is 0.243 e. The summed E-state index contributed by atoms with van der Waals surface area (Å²) < 4.78 is 32.8. The van der Waals surface area contributed by atoms with E-state index in [1.165, 1.54) is 15.6 Å². The minimum atomic E-state index is -3.55. The van der Waals surface area contributed by atoms with Crippen molar-refractivity contribution in [2.45, 2.75) is 25.2 Å². The molecule has 4 rings (SSSR count). The van der Waals surface area contributed by atoms with Crippen molar-refractivity contribution in [2.75, 3.05) is 26.2 Å². The van der Waals surface area contributed by atoms with E-state index < -0.39 is 10.0 Å². The number of aryl methyl sites for hydroxylation is 2. The van der Waals surface area contributed by atoms with Gasteiger partial charge in [0.1, 0.15) is 5.76 Å². The fourth-order valence-electron chi connectivity index (χ4n) is 3.39. The van der Waals surface area contributed by atoms with Crippen LogP contribution in [0.5, 0.6) is 0 Å². The third-order valence-electron chi connectivity index (χ3n) is 5.19. The van der Waals surface area contributed by atoms with E-state index in [-0.39, 0.29) is 30.3 Å². The number of hydrogen-bond donors (Lipinski definition) is 0. The van der Waals surface area contributed by atoms with Crippen molar-refractivity contribution < 1.29 is 17.6 Å². The molecule has 0 N–H and O–H groups in total. The molecule has 1 aromatic carbocycles. The minimum Gasteiger partial charge on any atom is -0.440 e. The number of carbonyl (C=O) groups excluding carboxylic acids is 1. The van der Waals surface area contributed by atoms with Gasteiger partial charge in [-0.1, -0.05) is 23.8 Å². The summed E-state index contributed by atoms with van der Waals surface area (Å²) in [6.07, 6.45) is 0.144. The number of sulfonamides is 1. The topological polar surface area (TPSA) is 83.7 Å². The Labute approximate surface area is 180 Å². The van der Waals surface area contributed by atoms with Crippen LogP contribution in [-0.4, -0.2) is 54.7 Å². The van der Waals surface area contributed by atoms with Crippen LogP contribution in [0.15, 0.2) is 51.1 Å². The van der Waals surface area contributed by atoms with Crippen LogP contribution in [0.2, 0.25) is 0 Å². The number of rotatable bonds is 5. The van der Waals surface area contributed by atoms with Crippen molar-refractivity contribution >= 4 is 27.3 Å². The predicted octanol–water partition coefficient (Wildman–Crippen LogP) is 3.10. The summed E-state index contributed by atoms with van der Waals surface area (Å²) in [7, 11) is -3.55. The highest BCUT2D eigenvalue weighted by Gasteiger charge is 2.30. The van der Waals surface area contributed by atoms with Gasteiger partial charge in [-0.15, -0.1) is 11.3 Å². The molecule has 0 bridgehead atoms. The normalized spacial score (nSPS) is 15.5. The Morgan fingerprint density at radius 2 is 1.80 bits per heavy atom. The summed E-state index contributed by atoms with van der Waals surface area (Å²) in [5, 5.41) is 1.95. The second-order valence-electron chi connectivity index (χ2n) is 7.27. The SMILES string of the molecule is Cc1ccc(S(=O)(=O)N2CCN(C(=O)Cc3nc(-c4cccs4)oc3C)CC2)cc1. The van der Waals surface area contributed by atoms with Gasteiger partial charge in [0.2, 0.25) is 21.8 Å². The fourth-order valence-corrected chi connectivity index (χ4v) is 5.46. The number of oxazole rings is 1. The van der Waals surface area contributed by atoms with E-state index >= 15 is 0 Å². The van der Waals surface area contributed by atoms with Gasteiger partial charge in [0, 0.05) is 26.2 Å². The number of thiophene rings is 1. The maximum absolute atomic E-state index is 12.8. The fraction of sp³-hybridized carbons (Fsp3) is 0.333. The smallest absolute Gasteiger partial charge is 0.243 e. The largest absolute Gasteiger partial charge is 0.440 e. The third-order valence-corrected chi connectivity index (χ3v) is 7.96. The Balaban J connectivity index is 1.38. The summed E-state index contributed by atoms with van der Waals surface area (Å²) in [5.74, 6) is 1.09. The quantitative estimate of drug-likeness (QED) is 0.603. The summed E-state index contributed by atoms with van der Waals surface area (Å²) in [6.45, 7) is 5.00. The van der Waals surface area contributed by atoms with Crippen LogP contribution in [0.25, 0.3) is 10.8 Å². The average Bonchev–Trinajstić information content (AvgIpc) is 3.39. The van der Waals surface area contributed by atoms with E-state index in [4.69, 9.17) is 4.42 Å². The Bertz CT molecular complexity index is 1130. The Morgan fingerprint density at radius 1 is 1.10 bits per heavy atom. The molecule has 1 fully saturated rings. The molecule has 0 spiro atoms. The molecule has 158 valence electrons. The van der Waals surface area contributed by atoms with Crippen LogP contribution in [0.3, 0.4) is 0 Å². The van der Waals surface area contributed by atoms with Crippen molar-refractivity contribution in [3.05, 3.63) is 58.8 Å². The number of nitrogens with zero attached hydrogens (tertiary/aromatic N) is 3. The third kappa shape index (κ3) is 4.19. The lowest BCUT2D eigenvalue weighted by Crippen LogP contribution is -2.50. The van der Waals surface area contributed by atoms with Gasteiger partial charge in [0.15, 0.2) is 0 Å². The number of benzene rings is 1. The van der Waals surface area contributed by atoms with Crippen molar-refractivity contribution in [1.82, 2.24) is 14.2 Å². The van der Waals surface area contributed by atoms with Crippen molar-refractivity contribution in [3.8, 4) is 10.8 Å². The highest BCUT2D eigenvalue weighted by molar-refractivity contribution is 7.89. The Kier molecular flexibility index (Phi) is 5.77. The van der Waals surface area contributed by atoms with E-state index in [9.17, 15) is 13.2 Å². The molecule has 1 saturated heterocycles. The van der Waals surface area contributed by atoms with Crippen LogP contribution in [-0.2, 0) is 21.2 Å². The van der Waals surface area contributed by atoms with Gasteiger partial charge in [0.05, 0.1) is 21.9 Å². The summed E-state index contributed by atoms with van der Waals surface area (Å²) >= 11 is 1.53. The molecule has 0 saturated carbocycles. The van der Waals surface area contributed by atoms with E-state index in [1.54, 1.807) is 36.1 Å². The standard InChI is InChI=1S/C21H23N3O4S2/c1-15-5-7-17(8-6-15)30(26,27)24-11-9-23(10-12-24)20(25)14-18-16(2)28-21(22-18)19-4-3-13-29-19/h3-8,13H,9-12,14H2,1-2H3. The second kappa shape index (κ2) is 8.33. The molecule has 0 radical (unpaired) electrons. The maximum atomic E-state index is 12.8. The van der Waals surface area contributed by atoms with E-state index in [1.807, 2.05) is 24.4 Å². The van der Waals surface area contributed by atoms with Crippen molar-refractivity contribution in [2.24, 2.45) is 0 Å². The highest BCUT2D eigenvalue weighted by atomic mass is 32.2. The first-order valence-electron chi connectivity index (χ1n) is 9.69. The van der Waals surface area contributed by atoms with Gasteiger partial charge in [-0.05, 0) is 37.4 Å². The van der Waals surface area contributed by atoms with Gasteiger partial charge in [0.25, 0.3) is 0 Å². The van der Waals surface area contributed by atoms with Crippen LogP contribution in [0.1, 0.15) is 17.0 Å². The molecule has 0 unspecified atom stereocenters. The van der Waals surface area contributed by atoms with Crippen LogP contribution in [0, 0.1) is 13.8 Å². The first-order chi connectivity index (χ1) is 14.3. The number of piperazine rings is 1. The first-order valence-corrected chi connectivity index (χ1v) is 12.0. The zero-order valence-electron chi connectivity index (χ0n) is 16.9. The molecule has 3 heterocycles. The summed E-state index contributed by atoms with van der Waals surface area (Å²) in [6, 6.07) is 10.7. The van der Waals surface area contributed by atoms with Gasteiger partial charge >= 0.3 is 0 Å². The molecule has 3 aromatic rings. The van der Waals surface area contributed by atoms with E-state index in [0.29, 0.717) is 30.4 Å². The van der Waals surface area contributed by atoms with E-state index in [2.05, 4.69) is 4.98 Å². The summed E-state index contributed by atoms with van der Waals surface area (Å²) in [4.78, 5) is 20.1. The number of carbonyl (C=O) groups is 1. The molecular weight excluding hydrogens is 422 g/mol. The van der Waals surface area contributed by atoms with Crippen LogP contribution < -0.4 is 0 Å². The number of amides is 1. The van der Waals surface area contributed by atoms with Crippen LogP contribution >= 0.6 is 11.3 Å². The monoisotopic (exact) mass is 445 g/mol. The minimum absolute atomic E-state index is 0.0727. The van der Waals surface area contributed by atoms with Crippen LogP contribution in [0.4, 0.5) is 0 Å². The molecule has 0 aliphatic carbocycles. The first kappa shape index (κ1) is 20.8. The molecule has 1 aliphatic rings. The Hall–Kier alpha value is -2.49. The average molecular weight is 446 g/mol. The summed E-state index contributed by atoms with van der Waals surface area (Å²) in [5.41, 5.74) is 1.63. The zero-order valence-corrected chi connectivity index (χ0v) is 18.5. The molecular formula is C21H23N3O4S2. The lowest BCUT2D eigenvalue weighted by Gasteiger charge is -2.34. The lowest BCUT2D eigenvalue weighted by molar-refractivity contribution is -0.131. The lowest BCUT2D eigenvalue weighted by atomic mass is 10.2. The van der Waals surface area contributed by atoms with Crippen molar-refractivity contribution in [1.29, 1.82) is 0 Å². The molecule has 1 amide bonds. The second-order valence-corrected chi connectivity index (χ2v) is 10.2. The number of aromatic nitrogens is 1. The van der Waals surface area contributed by atoms with Gasteiger partial charge in [-0.2, -0.15) is 4.31 Å². The Morgan fingerprint density at radius 3 is 2.43 bits per heavy atom. The highest BCUT2D eigenvalue weighted by Crippen LogP contribution is 2.26. The molecule has 0 atom stereocenters. The van der Waals surface area contributed by atoms with E-state index in [0.717, 1.165) is 10.4 Å². The predicted molar refractivity (Wildman–Crippen MR) is 115 cm³/mol.